The molecule has 0 radical (unpaired) electrons. The van der Waals surface area contributed by atoms with Gasteiger partial charge in [0.15, 0.2) is 0 Å². The summed E-state index contributed by atoms with van der Waals surface area (Å²) in [5, 5.41) is 3.13. The van der Waals surface area contributed by atoms with Gasteiger partial charge in [0, 0.05) is 11.3 Å². The standard InChI is InChI=1S/C12H13IN4S/c1-6-15-8(5-18-6)4-9-16-11(7-2-3-7)10(13)12(14)17-9/h5,7H,2-4H2,1H3,(H2,14,16,17). The van der Waals surface area contributed by atoms with Crippen LogP contribution in [0.25, 0.3) is 0 Å². The first-order chi connectivity index (χ1) is 8.63. The van der Waals surface area contributed by atoms with Gasteiger partial charge in [0.1, 0.15) is 11.6 Å². The summed E-state index contributed by atoms with van der Waals surface area (Å²) < 4.78 is 1.02. The van der Waals surface area contributed by atoms with E-state index in [0.29, 0.717) is 18.2 Å². The molecule has 0 aliphatic heterocycles. The highest BCUT2D eigenvalue weighted by Crippen LogP contribution is 2.41. The number of hydrogen-bond donors (Lipinski definition) is 1. The zero-order valence-electron chi connectivity index (χ0n) is 9.98. The van der Waals surface area contributed by atoms with E-state index >= 15 is 0 Å². The molecule has 1 saturated carbocycles. The summed E-state index contributed by atoms with van der Waals surface area (Å²) in [6, 6.07) is 0. The fourth-order valence-electron chi connectivity index (χ4n) is 1.89. The van der Waals surface area contributed by atoms with Crippen LogP contribution in [0.4, 0.5) is 5.82 Å². The van der Waals surface area contributed by atoms with E-state index in [2.05, 4.69) is 42.9 Å². The van der Waals surface area contributed by atoms with Gasteiger partial charge in [-0.2, -0.15) is 0 Å². The summed E-state index contributed by atoms with van der Waals surface area (Å²) in [6.07, 6.45) is 3.12. The summed E-state index contributed by atoms with van der Waals surface area (Å²) in [5.41, 5.74) is 8.13. The van der Waals surface area contributed by atoms with Crippen LogP contribution in [0, 0.1) is 10.5 Å². The molecule has 2 heterocycles. The van der Waals surface area contributed by atoms with E-state index < -0.39 is 0 Å². The fourth-order valence-corrected chi connectivity index (χ4v) is 3.18. The van der Waals surface area contributed by atoms with E-state index in [4.69, 9.17) is 5.73 Å². The molecule has 0 amide bonds. The Hall–Kier alpha value is -0.760. The minimum absolute atomic E-state index is 0.595. The maximum atomic E-state index is 5.97. The topological polar surface area (TPSA) is 64.7 Å². The Morgan fingerprint density at radius 2 is 2.17 bits per heavy atom. The first-order valence-corrected chi connectivity index (χ1v) is 7.82. The number of rotatable bonds is 3. The van der Waals surface area contributed by atoms with Gasteiger partial charge in [0.25, 0.3) is 0 Å². The van der Waals surface area contributed by atoms with E-state index in [1.807, 2.05) is 6.92 Å². The van der Waals surface area contributed by atoms with Crippen molar-refractivity contribution >= 4 is 39.7 Å². The normalized spacial score (nSPS) is 15.0. The first-order valence-electron chi connectivity index (χ1n) is 5.86. The Bertz CT molecular complexity index is 592. The van der Waals surface area contributed by atoms with Crippen LogP contribution in [0.2, 0.25) is 0 Å². The number of nitrogens with two attached hydrogens (primary N) is 1. The van der Waals surface area contributed by atoms with Gasteiger partial charge in [-0.25, -0.2) is 15.0 Å². The Kier molecular flexibility index (Phi) is 3.23. The number of thiazole rings is 1. The predicted octanol–water partition coefficient (Wildman–Crippen LogP) is 2.90. The quantitative estimate of drug-likeness (QED) is 0.842. The van der Waals surface area contributed by atoms with Crippen molar-refractivity contribution in [3.8, 4) is 0 Å². The zero-order chi connectivity index (χ0) is 12.7. The van der Waals surface area contributed by atoms with Crippen LogP contribution in [0.3, 0.4) is 0 Å². The van der Waals surface area contributed by atoms with Crippen molar-refractivity contribution in [1.82, 2.24) is 15.0 Å². The molecule has 6 heteroatoms. The van der Waals surface area contributed by atoms with Crippen molar-refractivity contribution in [3.63, 3.8) is 0 Å². The van der Waals surface area contributed by atoms with E-state index in [0.717, 1.165) is 25.8 Å². The number of nitrogen functional groups attached to an aromatic ring is 1. The number of hydrogen-bond acceptors (Lipinski definition) is 5. The molecule has 94 valence electrons. The van der Waals surface area contributed by atoms with E-state index in [9.17, 15) is 0 Å². The second kappa shape index (κ2) is 4.73. The molecule has 0 bridgehead atoms. The van der Waals surface area contributed by atoms with Crippen molar-refractivity contribution in [2.75, 3.05) is 5.73 Å². The summed E-state index contributed by atoms with van der Waals surface area (Å²) in [4.78, 5) is 13.5. The average Bonchev–Trinajstić information content (AvgIpc) is 3.08. The highest BCUT2D eigenvalue weighted by molar-refractivity contribution is 14.1. The molecule has 0 saturated heterocycles. The van der Waals surface area contributed by atoms with Gasteiger partial charge in [-0.1, -0.05) is 0 Å². The van der Waals surface area contributed by atoms with Crippen LogP contribution >= 0.6 is 33.9 Å². The van der Waals surface area contributed by atoms with Crippen LogP contribution in [0.15, 0.2) is 5.38 Å². The minimum atomic E-state index is 0.595. The lowest BCUT2D eigenvalue weighted by molar-refractivity contribution is 0.882. The van der Waals surface area contributed by atoms with Crippen molar-refractivity contribution < 1.29 is 0 Å². The highest BCUT2D eigenvalue weighted by Gasteiger charge is 2.29. The second-order valence-corrected chi connectivity index (χ2v) is 6.67. The second-order valence-electron chi connectivity index (χ2n) is 4.53. The summed E-state index contributed by atoms with van der Waals surface area (Å²) in [7, 11) is 0. The molecule has 1 aliphatic carbocycles. The van der Waals surface area contributed by atoms with Gasteiger partial charge in [-0.05, 0) is 42.4 Å². The number of anilines is 1. The monoisotopic (exact) mass is 372 g/mol. The third-order valence-electron chi connectivity index (χ3n) is 2.92. The van der Waals surface area contributed by atoms with Crippen molar-refractivity contribution in [3.05, 3.63) is 31.2 Å². The summed E-state index contributed by atoms with van der Waals surface area (Å²) in [5.74, 6) is 1.99. The molecule has 1 aliphatic rings. The van der Waals surface area contributed by atoms with Crippen LogP contribution in [0.5, 0.6) is 0 Å². The summed E-state index contributed by atoms with van der Waals surface area (Å²) in [6.45, 7) is 2.01. The molecule has 2 aromatic heterocycles. The van der Waals surface area contributed by atoms with Gasteiger partial charge in [0.2, 0.25) is 0 Å². The molecule has 2 N–H and O–H groups in total. The zero-order valence-corrected chi connectivity index (χ0v) is 13.0. The first kappa shape index (κ1) is 12.3. The lowest BCUT2D eigenvalue weighted by atomic mass is 10.2. The van der Waals surface area contributed by atoms with E-state index in [1.165, 1.54) is 12.8 Å². The SMILES string of the molecule is Cc1nc(Cc2nc(N)c(I)c(C3CC3)n2)cs1. The van der Waals surface area contributed by atoms with Crippen LogP contribution in [-0.2, 0) is 6.42 Å². The van der Waals surface area contributed by atoms with E-state index in [1.54, 1.807) is 11.3 Å². The fraction of sp³-hybridized carbons (Fsp3) is 0.417. The average molecular weight is 372 g/mol. The molecule has 3 rings (SSSR count). The van der Waals surface area contributed by atoms with E-state index in [-0.39, 0.29) is 0 Å². The molecule has 0 aromatic carbocycles. The summed E-state index contributed by atoms with van der Waals surface area (Å²) >= 11 is 3.90. The third-order valence-corrected chi connectivity index (χ3v) is 4.85. The molecule has 2 aromatic rings. The maximum Gasteiger partial charge on any atom is 0.140 e. The lowest BCUT2D eigenvalue weighted by Crippen LogP contribution is -2.07. The molecule has 4 nitrogen and oxygen atoms in total. The van der Waals surface area contributed by atoms with Crippen LogP contribution in [0.1, 0.15) is 41.0 Å². The molecule has 0 unspecified atom stereocenters. The van der Waals surface area contributed by atoms with Crippen LogP contribution < -0.4 is 5.73 Å². The van der Waals surface area contributed by atoms with Gasteiger partial charge < -0.3 is 5.73 Å². The van der Waals surface area contributed by atoms with Crippen molar-refractivity contribution in [2.45, 2.75) is 32.1 Å². The Labute approximate surface area is 123 Å². The maximum absolute atomic E-state index is 5.97. The Morgan fingerprint density at radius 3 is 2.78 bits per heavy atom. The molecular weight excluding hydrogens is 359 g/mol. The van der Waals surface area contributed by atoms with Gasteiger partial charge >= 0.3 is 0 Å². The van der Waals surface area contributed by atoms with Gasteiger partial charge in [-0.3, -0.25) is 0 Å². The molecule has 0 spiro atoms. The van der Waals surface area contributed by atoms with Crippen LogP contribution in [-0.4, -0.2) is 15.0 Å². The largest absolute Gasteiger partial charge is 0.383 e. The number of aromatic nitrogens is 3. The number of nitrogens with zero attached hydrogens (tertiary/aromatic N) is 3. The van der Waals surface area contributed by atoms with Crippen molar-refractivity contribution in [2.24, 2.45) is 0 Å². The Morgan fingerprint density at radius 1 is 1.39 bits per heavy atom. The number of halogens is 1. The van der Waals surface area contributed by atoms with Gasteiger partial charge in [-0.15, -0.1) is 11.3 Å². The molecule has 0 atom stereocenters. The molecular formula is C12H13IN4S. The third kappa shape index (κ3) is 2.49. The molecule has 18 heavy (non-hydrogen) atoms. The molecule has 1 fully saturated rings. The number of aryl methyl sites for hydroxylation is 1. The van der Waals surface area contributed by atoms with Crippen molar-refractivity contribution in [1.29, 1.82) is 0 Å². The Balaban J connectivity index is 1.92. The minimum Gasteiger partial charge on any atom is -0.383 e. The predicted molar refractivity (Wildman–Crippen MR) is 80.8 cm³/mol. The smallest absolute Gasteiger partial charge is 0.140 e. The highest BCUT2D eigenvalue weighted by atomic mass is 127. The van der Waals surface area contributed by atoms with Gasteiger partial charge in [0.05, 0.1) is 26.4 Å². The lowest BCUT2D eigenvalue weighted by Gasteiger charge is -2.07.